The van der Waals surface area contributed by atoms with Crippen molar-refractivity contribution >= 4 is 109 Å². The van der Waals surface area contributed by atoms with E-state index in [2.05, 4.69) is 47.9 Å². The molecule has 14 N–H and O–H groups in total. The molecule has 6 heterocycles. The lowest BCUT2D eigenvalue weighted by atomic mass is 9.81. The first kappa shape index (κ1) is 91.4. The zero-order valence-corrected chi connectivity index (χ0v) is 66.3. The molecule has 2 aromatic carbocycles. The first-order valence-corrected chi connectivity index (χ1v) is 40.9. The molecule has 12 amide bonds. The quantitative estimate of drug-likeness (QED) is 0.0106. The molecule has 0 bridgehead atoms. The molecule has 8 atom stereocenters. The van der Waals surface area contributed by atoms with Gasteiger partial charge in [-0.25, -0.2) is 28.3 Å². The summed E-state index contributed by atoms with van der Waals surface area (Å²) in [6.45, 7) is 4.24. The molecule has 9 rings (SSSR count). The van der Waals surface area contributed by atoms with Crippen molar-refractivity contribution in [2.45, 2.75) is 154 Å². The number of cyclic esters (lactones) is 2. The molecule has 2 aromatic heterocycles. The number of benzene rings is 2. The van der Waals surface area contributed by atoms with Crippen LogP contribution in [-0.4, -0.2) is 228 Å². The van der Waals surface area contributed by atoms with Crippen LogP contribution in [0.4, 0.5) is 23.7 Å². The summed E-state index contributed by atoms with van der Waals surface area (Å²) in [5.74, 6) is -12.4. The van der Waals surface area contributed by atoms with Crippen LogP contribution in [0.15, 0.2) is 53.3 Å². The van der Waals surface area contributed by atoms with Gasteiger partial charge >= 0.3 is 39.8 Å². The van der Waals surface area contributed by atoms with Crippen LogP contribution >= 0.6 is 15.4 Å². The van der Waals surface area contributed by atoms with E-state index in [9.17, 15) is 89.9 Å². The number of hydrogen-bond acceptors (Lipinski definition) is 25. The third-order valence-electron chi connectivity index (χ3n) is 19.6. The number of aryl methyl sites for hydroxylation is 1. The second kappa shape index (κ2) is 41.3. The fourth-order valence-electron chi connectivity index (χ4n) is 13.6. The summed E-state index contributed by atoms with van der Waals surface area (Å²) in [6.07, 6.45) is -3.91. The molecule has 1 aliphatic carbocycles. The number of amides is 12. The van der Waals surface area contributed by atoms with Gasteiger partial charge < -0.3 is 101 Å². The number of urea groups is 1. The third-order valence-corrected chi connectivity index (χ3v) is 21.4. The number of ether oxygens (including phenoxy) is 6. The van der Waals surface area contributed by atoms with Crippen molar-refractivity contribution in [2.24, 2.45) is 11.7 Å². The number of nitrogens with one attached hydrogen (secondary N) is 9. The number of primary amides is 1. The SMILES string of the molecule is CC[C@@]1(OP(=O)(O)OCc2ccc(NC(=O)[C@H](CCCNC(N)=O)NC(=O)[C@@H](NC(=O)[C@H](CC(=O)N[C@H]3CCOC3=O)NC(=O)CCOCCOCCOCCOCCNC(=O)[C@H](CNC(=O)CCP(=O)(O)O)N3C(=O)C=CC3=O)C(C)C)cc2)C(=O)OCc2c1cc1n(c2=O)Cc2c-1nc1cc(F)c(C)c3c1c2[C@@H](NC(=O)C(F)F)CC3. The van der Waals surface area contributed by atoms with E-state index in [-0.39, 0.29) is 162 Å². The number of phosphoric ester groups is 1. The molecule has 0 saturated carbocycles. The van der Waals surface area contributed by atoms with Crippen LogP contribution in [0.1, 0.15) is 117 Å². The minimum absolute atomic E-state index is 0.000753. The average Bonchev–Trinajstić information content (AvgIpc) is 1.45. The second-order valence-electron chi connectivity index (χ2n) is 28.2. The highest BCUT2D eigenvalue weighted by molar-refractivity contribution is 7.51. The monoisotopic (exact) mass is 1700 g/mol. The van der Waals surface area contributed by atoms with Crippen molar-refractivity contribution in [1.82, 2.24) is 57.0 Å². The van der Waals surface area contributed by atoms with Crippen LogP contribution in [0, 0.1) is 18.7 Å². The van der Waals surface area contributed by atoms with Crippen molar-refractivity contribution in [3.05, 3.63) is 104 Å². The Morgan fingerprint density at radius 2 is 1.39 bits per heavy atom. The minimum Gasteiger partial charge on any atom is -0.464 e. The minimum atomic E-state index is -5.37. The van der Waals surface area contributed by atoms with Gasteiger partial charge in [0.25, 0.3) is 23.3 Å². The van der Waals surface area contributed by atoms with Crippen LogP contribution in [0.5, 0.6) is 0 Å². The molecule has 1 unspecified atom stereocenters. The van der Waals surface area contributed by atoms with Crippen LogP contribution < -0.4 is 59.1 Å². The number of alkyl halides is 2. The zero-order chi connectivity index (χ0) is 85.9. The molecule has 0 spiro atoms. The van der Waals surface area contributed by atoms with Crippen LogP contribution in [0.2, 0.25) is 0 Å². The molecule has 0 radical (unpaired) electrons. The number of carbonyl (C=O) groups excluding carboxylic acids is 13. The highest BCUT2D eigenvalue weighted by Gasteiger charge is 2.53. The summed E-state index contributed by atoms with van der Waals surface area (Å²) in [4.78, 5) is 219. The summed E-state index contributed by atoms with van der Waals surface area (Å²) >= 11 is 0. The van der Waals surface area contributed by atoms with E-state index in [0.717, 1.165) is 18.2 Å². The number of esters is 2. The molecule has 4 aromatic rings. The van der Waals surface area contributed by atoms with Gasteiger partial charge in [-0.1, -0.05) is 32.9 Å². The van der Waals surface area contributed by atoms with Crippen LogP contribution in [0.25, 0.3) is 22.3 Å². The maximum Gasteiger partial charge on any atom is 0.473 e. The van der Waals surface area contributed by atoms with E-state index in [4.69, 9.17) is 58.0 Å². The maximum atomic E-state index is 15.5. The first-order chi connectivity index (χ1) is 56.0. The number of fused-ring (bicyclic) bond motifs is 5. The molecule has 642 valence electrons. The standard InChI is InChI=1S/C73H92F3N13O27P2/c1-5-73(45-31-52-62-43(35-88(52)69(100)44(45)37-114-71(73)102)60-47(85-68(99)63(75)76)13-12-42-39(4)46(74)32-50(84-62)59(42)60)116-118(107,108)115-36-40-8-10-41(11-9-40)81-64(95)48(7-6-19-79-72(77)103)86-67(98)61(38(2)3)87-65(96)51(33-56(92)82-49-16-22-113-70(49)101)83-55(91)17-21-109-24-26-111-28-29-112-27-25-110-23-20-78-66(97)53(89-57(93)14-15-58(89)94)34-80-54(90)18-30-117(104,105)106/h8-11,14-15,31-32,38,47-49,51,53,61,63H,5-7,12-13,16-30,33-37H2,1-4H3,(H,78,97)(H,80,90)(H,81,95)(H,82,92)(H,83,91)(H,85,99)(H,86,98)(H,87,96)(H,107,108)(H3,77,79,103)(H2,104,105,106)/t47-,48-,49-,51-,53-,61-,73-/m0/s1. The first-order valence-electron chi connectivity index (χ1n) is 37.6. The number of pyridine rings is 2. The van der Waals surface area contributed by atoms with Gasteiger partial charge in [-0.05, 0) is 85.4 Å². The predicted octanol–water partition coefficient (Wildman–Crippen LogP) is 0.107. The number of hydrogen-bond donors (Lipinski definition) is 13. The molecule has 118 heavy (non-hydrogen) atoms. The molecule has 1 saturated heterocycles. The van der Waals surface area contributed by atoms with Crippen LogP contribution in [0.3, 0.4) is 0 Å². The Kier molecular flexibility index (Phi) is 32.0. The lowest BCUT2D eigenvalue weighted by molar-refractivity contribution is -0.171. The number of nitrogens with two attached hydrogens (primary N) is 1. The molecule has 45 heteroatoms. The summed E-state index contributed by atoms with van der Waals surface area (Å²) in [6, 6.07) is -0.906. The fraction of sp³-hybridized carbons (Fsp3) is 0.521. The van der Waals surface area contributed by atoms with Gasteiger partial charge in [-0.2, -0.15) is 8.78 Å². The van der Waals surface area contributed by atoms with E-state index in [1.165, 1.54) is 41.8 Å². The summed E-state index contributed by atoms with van der Waals surface area (Å²) < 4.78 is 113. The van der Waals surface area contributed by atoms with Gasteiger partial charge in [-0.3, -0.25) is 71.3 Å². The average molecular weight is 1700 g/mol. The van der Waals surface area contributed by atoms with Crippen molar-refractivity contribution in [3.63, 3.8) is 0 Å². The number of anilines is 1. The van der Waals surface area contributed by atoms with Gasteiger partial charge in [0.2, 0.25) is 47.0 Å². The second-order valence-corrected chi connectivity index (χ2v) is 31.3. The summed E-state index contributed by atoms with van der Waals surface area (Å²) in [5, 5.41) is 22.8. The Hall–Kier alpha value is -10.5. The van der Waals surface area contributed by atoms with Crippen LogP contribution in [-0.2, 0) is 136 Å². The smallest absolute Gasteiger partial charge is 0.464 e. The third kappa shape index (κ3) is 23.9. The molecule has 4 aliphatic heterocycles. The molecular formula is C73H92F3N13O27P2. The van der Waals surface area contributed by atoms with Gasteiger partial charge in [0.05, 0.1) is 114 Å². The number of carbonyl (C=O) groups is 13. The number of halogens is 3. The van der Waals surface area contributed by atoms with Crippen molar-refractivity contribution in [1.29, 1.82) is 0 Å². The molecule has 1 fully saturated rings. The van der Waals surface area contributed by atoms with E-state index in [1.807, 2.05) is 0 Å². The number of nitrogens with zero attached hydrogens (tertiary/aromatic N) is 3. The van der Waals surface area contributed by atoms with E-state index in [0.29, 0.717) is 27.0 Å². The lowest BCUT2D eigenvalue weighted by Crippen LogP contribution is -2.58. The normalized spacial score (nSPS) is 18.1. The van der Waals surface area contributed by atoms with Gasteiger partial charge in [0.1, 0.15) is 42.6 Å². The Labute approximate surface area is 671 Å². The Morgan fingerprint density at radius 1 is 0.720 bits per heavy atom. The van der Waals surface area contributed by atoms with E-state index >= 15 is 4.39 Å². The van der Waals surface area contributed by atoms with Gasteiger partial charge in [-0.15, -0.1) is 0 Å². The Morgan fingerprint density at radius 3 is 2.02 bits per heavy atom. The molecule has 5 aliphatic rings. The highest BCUT2D eigenvalue weighted by atomic mass is 31.2. The maximum absolute atomic E-state index is 15.5. The number of rotatable bonds is 45. The Balaban J connectivity index is 0.752. The van der Waals surface area contributed by atoms with Gasteiger partial charge in [0, 0.05) is 79.3 Å². The Bertz CT molecular complexity index is 4690. The zero-order valence-electron chi connectivity index (χ0n) is 64.5. The molecular weight excluding hydrogens is 1610 g/mol. The summed E-state index contributed by atoms with van der Waals surface area (Å²) in [5.41, 5.74) is 3.83. The number of aromatic nitrogens is 2. The number of imide groups is 1. The summed E-state index contributed by atoms with van der Waals surface area (Å²) in [7, 11) is -9.86. The molecule has 40 nitrogen and oxygen atoms in total. The van der Waals surface area contributed by atoms with E-state index in [1.54, 1.807) is 20.8 Å². The predicted molar refractivity (Wildman–Crippen MR) is 403 cm³/mol. The number of phosphoric acid groups is 1. The van der Waals surface area contributed by atoms with E-state index < -0.39 is 203 Å². The highest BCUT2D eigenvalue weighted by Crippen LogP contribution is 2.55. The fourth-order valence-corrected chi connectivity index (χ4v) is 15.2. The largest absolute Gasteiger partial charge is 0.473 e. The van der Waals surface area contributed by atoms with Crippen molar-refractivity contribution < 1.29 is 137 Å². The van der Waals surface area contributed by atoms with Gasteiger partial charge in [0.15, 0.2) is 0 Å². The lowest BCUT2D eigenvalue weighted by Gasteiger charge is -2.36. The van der Waals surface area contributed by atoms with Crippen molar-refractivity contribution in [3.8, 4) is 11.4 Å². The van der Waals surface area contributed by atoms with Crippen molar-refractivity contribution in [2.75, 3.05) is 90.6 Å². The topological polar surface area (TPSA) is 563 Å².